The van der Waals surface area contributed by atoms with Crippen molar-refractivity contribution in [3.8, 4) is 0 Å². The molecule has 0 spiro atoms. The Bertz CT molecular complexity index is 611. The zero-order chi connectivity index (χ0) is 13.7. The van der Waals surface area contributed by atoms with Crippen LogP contribution in [0.25, 0.3) is 10.9 Å². The quantitative estimate of drug-likeness (QED) is 0.809. The number of H-pyrrole nitrogens is 1. The van der Waals surface area contributed by atoms with Crippen LogP contribution in [0.15, 0.2) is 18.3 Å². The summed E-state index contributed by atoms with van der Waals surface area (Å²) in [6, 6.07) is 3.71. The van der Waals surface area contributed by atoms with Gasteiger partial charge in [-0.1, -0.05) is 18.5 Å². The highest BCUT2D eigenvalue weighted by atomic mass is 35.5. The second-order valence-electron chi connectivity index (χ2n) is 5.70. The summed E-state index contributed by atoms with van der Waals surface area (Å²) in [7, 11) is 0. The van der Waals surface area contributed by atoms with Gasteiger partial charge in [-0.05, 0) is 36.0 Å². The summed E-state index contributed by atoms with van der Waals surface area (Å²) in [5.41, 5.74) is 1.63. The molecule has 0 unspecified atom stereocenters. The van der Waals surface area contributed by atoms with Crippen LogP contribution < -0.4 is 0 Å². The fourth-order valence-corrected chi connectivity index (χ4v) is 3.17. The average Bonchev–Trinajstić information content (AvgIpc) is 2.80. The number of fused-ring (bicyclic) bond motifs is 1. The van der Waals surface area contributed by atoms with Crippen LogP contribution in [0.2, 0.25) is 5.02 Å². The Hall–Kier alpha value is -1.16. The summed E-state index contributed by atoms with van der Waals surface area (Å²) in [5.74, 6) is -2.52. The van der Waals surface area contributed by atoms with Gasteiger partial charge >= 0.3 is 0 Å². The first kappa shape index (κ1) is 12.9. The Morgan fingerprint density at radius 2 is 1.89 bits per heavy atom. The van der Waals surface area contributed by atoms with Gasteiger partial charge in [0.2, 0.25) is 5.92 Å². The molecule has 2 nitrogen and oxygen atoms in total. The van der Waals surface area contributed by atoms with E-state index < -0.39 is 5.92 Å². The molecule has 1 aromatic carbocycles. The van der Waals surface area contributed by atoms with Crippen molar-refractivity contribution < 1.29 is 8.78 Å². The highest BCUT2D eigenvalue weighted by Gasteiger charge is 2.42. The minimum absolute atomic E-state index is 0.0602. The summed E-state index contributed by atoms with van der Waals surface area (Å²) in [6.45, 7) is 2.04. The Balaban J connectivity index is 2.06. The highest BCUT2D eigenvalue weighted by molar-refractivity contribution is 6.31. The van der Waals surface area contributed by atoms with E-state index >= 15 is 0 Å². The zero-order valence-electron chi connectivity index (χ0n) is 10.6. The van der Waals surface area contributed by atoms with Gasteiger partial charge in [0.1, 0.15) is 0 Å². The monoisotopic (exact) mass is 284 g/mol. The Morgan fingerprint density at radius 1 is 1.21 bits per heavy atom. The SMILES string of the molecule is CC1(c2cc(Cl)cc3[nH]ncc23)CCC(F)(F)CC1. The number of hydrogen-bond donors (Lipinski definition) is 1. The number of nitrogens with zero attached hydrogens (tertiary/aromatic N) is 1. The summed E-state index contributed by atoms with van der Waals surface area (Å²) >= 11 is 6.12. The van der Waals surface area contributed by atoms with Gasteiger partial charge in [-0.25, -0.2) is 8.78 Å². The molecule has 102 valence electrons. The highest BCUT2D eigenvalue weighted by Crippen LogP contribution is 2.47. The van der Waals surface area contributed by atoms with Crippen molar-refractivity contribution in [1.29, 1.82) is 0 Å². The number of nitrogens with one attached hydrogen (secondary N) is 1. The van der Waals surface area contributed by atoms with Gasteiger partial charge in [0.25, 0.3) is 0 Å². The maximum Gasteiger partial charge on any atom is 0.248 e. The molecular formula is C14H15ClF2N2. The second kappa shape index (κ2) is 4.17. The summed E-state index contributed by atoms with van der Waals surface area (Å²) in [5, 5.41) is 8.52. The number of benzene rings is 1. The number of rotatable bonds is 1. The topological polar surface area (TPSA) is 28.7 Å². The molecule has 2 aromatic rings. The Morgan fingerprint density at radius 3 is 2.58 bits per heavy atom. The van der Waals surface area contributed by atoms with E-state index in [-0.39, 0.29) is 18.3 Å². The number of hydrogen-bond acceptors (Lipinski definition) is 1. The summed E-state index contributed by atoms with van der Waals surface area (Å²) < 4.78 is 26.7. The summed E-state index contributed by atoms with van der Waals surface area (Å²) in [6.07, 6.45) is 2.57. The molecule has 1 aliphatic carbocycles. The predicted molar refractivity (Wildman–Crippen MR) is 71.9 cm³/mol. The Kier molecular flexibility index (Phi) is 2.82. The van der Waals surface area contributed by atoms with Crippen molar-refractivity contribution in [2.24, 2.45) is 0 Å². The number of aromatic amines is 1. The minimum Gasteiger partial charge on any atom is -0.278 e. The van der Waals surface area contributed by atoms with Gasteiger partial charge in [0.05, 0.1) is 11.7 Å². The molecule has 19 heavy (non-hydrogen) atoms. The predicted octanol–water partition coefficient (Wildman–Crippen LogP) is 4.68. The van der Waals surface area contributed by atoms with Crippen molar-refractivity contribution >= 4 is 22.5 Å². The smallest absolute Gasteiger partial charge is 0.248 e. The first-order valence-electron chi connectivity index (χ1n) is 6.41. The number of aromatic nitrogens is 2. The third-order valence-electron chi connectivity index (χ3n) is 4.26. The molecule has 1 N–H and O–H groups in total. The lowest BCUT2D eigenvalue weighted by Gasteiger charge is -2.38. The zero-order valence-corrected chi connectivity index (χ0v) is 11.4. The van der Waals surface area contributed by atoms with E-state index in [0.717, 1.165) is 16.5 Å². The van der Waals surface area contributed by atoms with Gasteiger partial charge in [0.15, 0.2) is 0 Å². The third kappa shape index (κ3) is 2.22. The molecule has 0 saturated heterocycles. The van der Waals surface area contributed by atoms with Gasteiger partial charge in [-0.3, -0.25) is 5.10 Å². The van der Waals surface area contributed by atoms with Gasteiger partial charge < -0.3 is 0 Å². The van der Waals surface area contributed by atoms with Crippen LogP contribution in [0.4, 0.5) is 8.78 Å². The number of halogens is 3. The van der Waals surface area contributed by atoms with Gasteiger partial charge in [-0.15, -0.1) is 0 Å². The number of alkyl halides is 2. The van der Waals surface area contributed by atoms with Gasteiger partial charge in [0, 0.05) is 23.3 Å². The van der Waals surface area contributed by atoms with Crippen LogP contribution in [0.1, 0.15) is 38.2 Å². The van der Waals surface area contributed by atoms with E-state index in [2.05, 4.69) is 10.2 Å². The van der Waals surface area contributed by atoms with Gasteiger partial charge in [-0.2, -0.15) is 5.10 Å². The fraction of sp³-hybridized carbons (Fsp3) is 0.500. The van der Waals surface area contributed by atoms with Crippen molar-refractivity contribution in [3.63, 3.8) is 0 Å². The van der Waals surface area contributed by atoms with Crippen molar-refractivity contribution in [2.45, 2.75) is 43.9 Å². The molecule has 0 radical (unpaired) electrons. The van der Waals surface area contributed by atoms with E-state index in [1.807, 2.05) is 19.1 Å². The van der Waals surface area contributed by atoms with Crippen LogP contribution in [0.3, 0.4) is 0 Å². The maximum absolute atomic E-state index is 13.4. The molecule has 0 bridgehead atoms. The van der Waals surface area contributed by atoms with E-state index in [0.29, 0.717) is 17.9 Å². The normalized spacial score (nSPS) is 21.7. The lowest BCUT2D eigenvalue weighted by atomic mass is 9.69. The molecule has 0 amide bonds. The maximum atomic E-state index is 13.4. The van der Waals surface area contributed by atoms with Crippen LogP contribution in [0.5, 0.6) is 0 Å². The summed E-state index contributed by atoms with van der Waals surface area (Å²) in [4.78, 5) is 0. The average molecular weight is 285 g/mol. The first-order valence-corrected chi connectivity index (χ1v) is 6.78. The first-order chi connectivity index (χ1) is 8.90. The molecule has 1 saturated carbocycles. The Labute approximate surface area is 115 Å². The molecule has 1 fully saturated rings. The van der Waals surface area contributed by atoms with Crippen molar-refractivity contribution in [1.82, 2.24) is 10.2 Å². The van der Waals surface area contributed by atoms with Crippen molar-refractivity contribution in [2.75, 3.05) is 0 Å². The molecule has 1 heterocycles. The molecule has 3 rings (SSSR count). The molecule has 1 aliphatic rings. The van der Waals surface area contributed by atoms with Crippen molar-refractivity contribution in [3.05, 3.63) is 28.9 Å². The van der Waals surface area contributed by atoms with Crippen LogP contribution in [-0.2, 0) is 5.41 Å². The largest absolute Gasteiger partial charge is 0.278 e. The van der Waals surface area contributed by atoms with E-state index in [9.17, 15) is 8.78 Å². The minimum atomic E-state index is -2.52. The molecular weight excluding hydrogens is 270 g/mol. The fourth-order valence-electron chi connectivity index (χ4n) is 2.95. The van der Waals surface area contributed by atoms with Crippen LogP contribution >= 0.6 is 11.6 Å². The van der Waals surface area contributed by atoms with E-state index in [1.54, 1.807) is 6.20 Å². The van der Waals surface area contributed by atoms with E-state index in [4.69, 9.17) is 11.6 Å². The standard InChI is InChI=1S/C14H15ClF2N2/c1-13(2-4-14(16,17)5-3-13)11-6-9(15)7-12-10(11)8-18-19-12/h6-8H,2-5H2,1H3,(H,18,19). The van der Waals surface area contributed by atoms with E-state index in [1.165, 1.54) is 0 Å². The molecule has 1 aromatic heterocycles. The second-order valence-corrected chi connectivity index (χ2v) is 6.14. The lowest BCUT2D eigenvalue weighted by Crippen LogP contribution is -2.34. The molecule has 5 heteroatoms. The third-order valence-corrected chi connectivity index (χ3v) is 4.48. The van der Waals surface area contributed by atoms with Crippen LogP contribution in [0, 0.1) is 0 Å². The molecule has 0 atom stereocenters. The lowest BCUT2D eigenvalue weighted by molar-refractivity contribution is -0.0496. The van der Waals surface area contributed by atoms with Crippen LogP contribution in [-0.4, -0.2) is 16.1 Å². The molecule has 0 aliphatic heterocycles.